The molecule has 2 fully saturated rings. The first-order valence-corrected chi connectivity index (χ1v) is 7.09. The van der Waals surface area contributed by atoms with Gasteiger partial charge in [0.1, 0.15) is 10.1 Å². The highest BCUT2D eigenvalue weighted by Crippen LogP contribution is 2.28. The lowest BCUT2D eigenvalue weighted by molar-refractivity contribution is -0.120. The number of Topliss-reactive ketones (excluding diaryl/α,β-unsaturated/α-hetero) is 1. The summed E-state index contributed by atoms with van der Waals surface area (Å²) in [6.07, 6.45) is 3.62. The minimum atomic E-state index is 0.397. The second kappa shape index (κ2) is 5.98. The number of morpholine rings is 1. The highest BCUT2D eigenvalue weighted by molar-refractivity contribution is 8.23. The highest BCUT2D eigenvalue weighted by atomic mass is 32.2. The molecule has 5 heteroatoms. The average Bonchev–Trinajstić information content (AvgIpc) is 2.30. The summed E-state index contributed by atoms with van der Waals surface area (Å²) in [7, 11) is 0. The van der Waals surface area contributed by atoms with Crippen LogP contribution < -0.4 is 0 Å². The number of ketones is 1. The van der Waals surface area contributed by atoms with Gasteiger partial charge in [-0.25, -0.2) is 0 Å². The third kappa shape index (κ3) is 3.43. The molecule has 2 aliphatic rings. The van der Waals surface area contributed by atoms with E-state index < -0.39 is 0 Å². The SMILES string of the molecule is O=C1CCCC(SC(=S)N2CCOCC2)C1. The molecule has 1 heterocycles. The van der Waals surface area contributed by atoms with Crippen molar-refractivity contribution >= 4 is 34.1 Å². The Balaban J connectivity index is 1.79. The maximum absolute atomic E-state index is 11.3. The van der Waals surface area contributed by atoms with Crippen LogP contribution in [-0.4, -0.2) is 46.6 Å². The normalized spacial score (nSPS) is 26.9. The molecule has 0 N–H and O–H groups in total. The van der Waals surface area contributed by atoms with E-state index in [1.807, 2.05) is 0 Å². The number of carbonyl (C=O) groups excluding carboxylic acids is 1. The van der Waals surface area contributed by atoms with E-state index in [4.69, 9.17) is 17.0 Å². The van der Waals surface area contributed by atoms with Gasteiger partial charge in [-0.1, -0.05) is 24.0 Å². The Bertz CT molecular complexity index is 277. The van der Waals surface area contributed by atoms with Gasteiger partial charge in [0.15, 0.2) is 0 Å². The summed E-state index contributed by atoms with van der Waals surface area (Å²) in [5.41, 5.74) is 0. The quantitative estimate of drug-likeness (QED) is 0.671. The summed E-state index contributed by atoms with van der Waals surface area (Å²) in [6.45, 7) is 3.33. The molecule has 16 heavy (non-hydrogen) atoms. The van der Waals surface area contributed by atoms with Crippen LogP contribution in [0.5, 0.6) is 0 Å². The van der Waals surface area contributed by atoms with Crippen molar-refractivity contribution in [3.8, 4) is 0 Å². The second-order valence-electron chi connectivity index (χ2n) is 4.24. The third-order valence-corrected chi connectivity index (χ3v) is 4.72. The van der Waals surface area contributed by atoms with E-state index in [0.29, 0.717) is 17.5 Å². The molecule has 2 rings (SSSR count). The van der Waals surface area contributed by atoms with Gasteiger partial charge in [-0.3, -0.25) is 4.79 Å². The van der Waals surface area contributed by atoms with Crippen molar-refractivity contribution in [3.63, 3.8) is 0 Å². The number of thiocarbonyl (C=S) groups is 1. The smallest absolute Gasteiger partial charge is 0.136 e. The first-order valence-electron chi connectivity index (χ1n) is 5.81. The maximum Gasteiger partial charge on any atom is 0.136 e. The largest absolute Gasteiger partial charge is 0.378 e. The zero-order valence-corrected chi connectivity index (χ0v) is 10.9. The van der Waals surface area contributed by atoms with Crippen molar-refractivity contribution < 1.29 is 9.53 Å². The van der Waals surface area contributed by atoms with Gasteiger partial charge in [-0.2, -0.15) is 0 Å². The molecule has 0 aromatic rings. The summed E-state index contributed by atoms with van der Waals surface area (Å²) in [5.74, 6) is 0.397. The standard InChI is InChI=1S/C11H17NO2S2/c13-9-2-1-3-10(8-9)16-11(15)12-4-6-14-7-5-12/h10H,1-8H2. The number of hydrogen-bond acceptors (Lipinski definition) is 4. The van der Waals surface area contributed by atoms with E-state index in [9.17, 15) is 4.79 Å². The number of ether oxygens (including phenoxy) is 1. The van der Waals surface area contributed by atoms with Crippen LogP contribution in [0.15, 0.2) is 0 Å². The van der Waals surface area contributed by atoms with E-state index >= 15 is 0 Å². The topological polar surface area (TPSA) is 29.5 Å². The molecule has 0 radical (unpaired) electrons. The van der Waals surface area contributed by atoms with E-state index in [1.165, 1.54) is 0 Å². The molecule has 90 valence electrons. The molecular weight excluding hydrogens is 242 g/mol. The maximum atomic E-state index is 11.3. The number of nitrogens with zero attached hydrogens (tertiary/aromatic N) is 1. The van der Waals surface area contributed by atoms with Crippen LogP contribution in [0.3, 0.4) is 0 Å². The van der Waals surface area contributed by atoms with E-state index in [1.54, 1.807) is 11.8 Å². The Morgan fingerprint density at radius 3 is 2.88 bits per heavy atom. The van der Waals surface area contributed by atoms with E-state index in [0.717, 1.165) is 49.9 Å². The fourth-order valence-electron chi connectivity index (χ4n) is 2.05. The van der Waals surface area contributed by atoms with E-state index in [2.05, 4.69) is 4.90 Å². The number of carbonyl (C=O) groups is 1. The fraction of sp³-hybridized carbons (Fsp3) is 0.818. The van der Waals surface area contributed by atoms with Gasteiger partial charge in [0.25, 0.3) is 0 Å². The lowest BCUT2D eigenvalue weighted by Crippen LogP contribution is -2.39. The van der Waals surface area contributed by atoms with Gasteiger partial charge in [0.05, 0.1) is 13.2 Å². The molecule has 1 saturated carbocycles. The molecule has 1 aliphatic heterocycles. The highest BCUT2D eigenvalue weighted by Gasteiger charge is 2.23. The molecule has 1 unspecified atom stereocenters. The molecule has 1 atom stereocenters. The molecule has 0 aromatic carbocycles. The lowest BCUT2D eigenvalue weighted by atomic mass is 9.99. The lowest BCUT2D eigenvalue weighted by Gasteiger charge is -2.30. The van der Waals surface area contributed by atoms with Crippen molar-refractivity contribution in [3.05, 3.63) is 0 Å². The Morgan fingerprint density at radius 1 is 1.44 bits per heavy atom. The van der Waals surface area contributed by atoms with Crippen LogP contribution in [0.4, 0.5) is 0 Å². The van der Waals surface area contributed by atoms with Crippen molar-refractivity contribution in [2.24, 2.45) is 0 Å². The van der Waals surface area contributed by atoms with Crippen molar-refractivity contribution in [2.45, 2.75) is 30.9 Å². The number of hydrogen-bond donors (Lipinski definition) is 0. The van der Waals surface area contributed by atoms with Crippen LogP contribution in [0.1, 0.15) is 25.7 Å². The minimum Gasteiger partial charge on any atom is -0.378 e. The van der Waals surface area contributed by atoms with Gasteiger partial charge in [0.2, 0.25) is 0 Å². The Hall–Kier alpha value is -0.130. The molecule has 1 saturated heterocycles. The van der Waals surface area contributed by atoms with Gasteiger partial charge in [-0.15, -0.1) is 0 Å². The molecule has 3 nitrogen and oxygen atoms in total. The van der Waals surface area contributed by atoms with Gasteiger partial charge < -0.3 is 9.64 Å². The van der Waals surface area contributed by atoms with Gasteiger partial charge in [0, 0.05) is 31.2 Å². The molecule has 0 amide bonds. The summed E-state index contributed by atoms with van der Waals surface area (Å²) in [5, 5.41) is 0.414. The minimum absolute atomic E-state index is 0.397. The van der Waals surface area contributed by atoms with Crippen molar-refractivity contribution in [1.82, 2.24) is 4.90 Å². The van der Waals surface area contributed by atoms with Crippen LogP contribution in [0.25, 0.3) is 0 Å². The second-order valence-corrected chi connectivity index (χ2v) is 6.17. The Morgan fingerprint density at radius 2 is 2.19 bits per heavy atom. The predicted molar refractivity (Wildman–Crippen MR) is 69.8 cm³/mol. The van der Waals surface area contributed by atoms with Crippen LogP contribution in [0, 0.1) is 0 Å². The Kier molecular flexibility index (Phi) is 4.61. The van der Waals surface area contributed by atoms with Crippen LogP contribution in [0.2, 0.25) is 0 Å². The monoisotopic (exact) mass is 259 g/mol. The van der Waals surface area contributed by atoms with Gasteiger partial charge >= 0.3 is 0 Å². The fourth-order valence-corrected chi connectivity index (χ4v) is 3.81. The first kappa shape index (κ1) is 12.3. The molecule has 0 aromatic heterocycles. The molecule has 0 bridgehead atoms. The third-order valence-electron chi connectivity index (χ3n) is 2.97. The predicted octanol–water partition coefficient (Wildman–Crippen LogP) is 1.85. The first-order chi connectivity index (χ1) is 7.75. The molecular formula is C11H17NO2S2. The van der Waals surface area contributed by atoms with Crippen molar-refractivity contribution in [2.75, 3.05) is 26.3 Å². The summed E-state index contributed by atoms with van der Waals surface area (Å²) in [4.78, 5) is 13.5. The summed E-state index contributed by atoms with van der Waals surface area (Å²) < 4.78 is 6.24. The number of thioether (sulfide) groups is 1. The average molecular weight is 259 g/mol. The van der Waals surface area contributed by atoms with Crippen LogP contribution in [-0.2, 0) is 9.53 Å². The molecule has 1 aliphatic carbocycles. The van der Waals surface area contributed by atoms with Gasteiger partial charge in [-0.05, 0) is 12.8 Å². The zero-order chi connectivity index (χ0) is 11.4. The molecule has 0 spiro atoms. The zero-order valence-electron chi connectivity index (χ0n) is 9.31. The Labute approximate surface area is 106 Å². The van der Waals surface area contributed by atoms with E-state index in [-0.39, 0.29) is 0 Å². The van der Waals surface area contributed by atoms with Crippen molar-refractivity contribution in [1.29, 1.82) is 0 Å². The number of rotatable bonds is 1. The summed E-state index contributed by atoms with van der Waals surface area (Å²) in [6, 6.07) is 0. The van der Waals surface area contributed by atoms with Crippen LogP contribution >= 0.6 is 24.0 Å². The summed E-state index contributed by atoms with van der Waals surface area (Å²) >= 11 is 7.13.